The Morgan fingerprint density at radius 3 is 2.67 bits per heavy atom. The molecule has 0 atom stereocenters. The van der Waals surface area contributed by atoms with E-state index < -0.39 is 4.92 Å². The van der Waals surface area contributed by atoms with E-state index in [9.17, 15) is 10.1 Å². The Kier molecular flexibility index (Phi) is 3.38. The highest BCUT2D eigenvalue weighted by molar-refractivity contribution is 5.61. The number of hydrogen-bond acceptors (Lipinski definition) is 5. The van der Waals surface area contributed by atoms with Crippen molar-refractivity contribution in [3.63, 3.8) is 0 Å². The molecule has 0 unspecified atom stereocenters. The van der Waals surface area contributed by atoms with Crippen molar-refractivity contribution >= 4 is 11.6 Å². The first kappa shape index (κ1) is 12.9. The molecule has 0 saturated heterocycles. The van der Waals surface area contributed by atoms with E-state index in [1.165, 1.54) is 6.07 Å². The van der Waals surface area contributed by atoms with Gasteiger partial charge < -0.3 is 14.7 Å². The number of nitro groups is 1. The molecule has 0 spiro atoms. The molecule has 7 heteroatoms. The maximum Gasteiger partial charge on any atom is 0.433 e. The zero-order valence-corrected chi connectivity index (χ0v) is 10.9. The molecule has 0 amide bonds. The van der Waals surface area contributed by atoms with Gasteiger partial charge in [-0.05, 0) is 23.8 Å². The molecule has 0 aliphatic heterocycles. The second kappa shape index (κ2) is 5.49. The van der Waals surface area contributed by atoms with Crippen molar-refractivity contribution in [1.29, 1.82) is 0 Å². The van der Waals surface area contributed by atoms with Crippen LogP contribution in [0.5, 0.6) is 0 Å². The number of anilines is 1. The summed E-state index contributed by atoms with van der Waals surface area (Å²) in [5, 5.41) is 13.7. The van der Waals surface area contributed by atoms with Crippen molar-refractivity contribution in [1.82, 2.24) is 9.97 Å². The van der Waals surface area contributed by atoms with E-state index in [0.29, 0.717) is 12.3 Å². The molecule has 0 aliphatic rings. The van der Waals surface area contributed by atoms with Crippen LogP contribution < -0.4 is 5.32 Å². The highest BCUT2D eigenvalue weighted by Crippen LogP contribution is 2.20. The van der Waals surface area contributed by atoms with Gasteiger partial charge in [-0.25, -0.2) is 4.98 Å². The molecular formula is C14H12N4O3. The van der Waals surface area contributed by atoms with Crippen LogP contribution in [0.1, 0.15) is 5.76 Å². The molecule has 2 N–H and O–H groups in total. The highest BCUT2D eigenvalue weighted by atomic mass is 16.6. The molecule has 106 valence electrons. The molecule has 0 bridgehead atoms. The van der Waals surface area contributed by atoms with Gasteiger partial charge in [0.1, 0.15) is 10.7 Å². The van der Waals surface area contributed by atoms with Crippen LogP contribution in [0.2, 0.25) is 0 Å². The lowest BCUT2D eigenvalue weighted by molar-refractivity contribution is -0.402. The number of rotatable bonds is 5. The van der Waals surface area contributed by atoms with Crippen LogP contribution in [0.4, 0.5) is 11.6 Å². The fourth-order valence-electron chi connectivity index (χ4n) is 1.93. The van der Waals surface area contributed by atoms with E-state index >= 15 is 0 Å². The van der Waals surface area contributed by atoms with Crippen molar-refractivity contribution in [2.75, 3.05) is 5.32 Å². The van der Waals surface area contributed by atoms with Gasteiger partial charge in [0.25, 0.3) is 0 Å². The first-order chi connectivity index (χ1) is 10.2. The maximum atomic E-state index is 10.5. The molecule has 1 aromatic carbocycles. The van der Waals surface area contributed by atoms with Gasteiger partial charge in [-0.15, -0.1) is 0 Å². The van der Waals surface area contributed by atoms with Gasteiger partial charge >= 0.3 is 5.88 Å². The van der Waals surface area contributed by atoms with E-state index in [0.717, 1.165) is 16.9 Å². The van der Waals surface area contributed by atoms with Crippen molar-refractivity contribution in [2.45, 2.75) is 6.54 Å². The van der Waals surface area contributed by atoms with E-state index in [1.54, 1.807) is 18.6 Å². The van der Waals surface area contributed by atoms with Crippen LogP contribution in [0.25, 0.3) is 11.3 Å². The number of H-pyrrole nitrogens is 1. The average molecular weight is 284 g/mol. The Balaban J connectivity index is 1.64. The summed E-state index contributed by atoms with van der Waals surface area (Å²) in [5.74, 6) is 0.265. The summed E-state index contributed by atoms with van der Waals surface area (Å²) in [5.41, 5.74) is 2.88. The normalized spacial score (nSPS) is 10.5. The van der Waals surface area contributed by atoms with Crippen LogP contribution in [0.3, 0.4) is 0 Å². The van der Waals surface area contributed by atoms with Gasteiger partial charge in [0.2, 0.25) is 0 Å². The number of benzene rings is 1. The molecule has 21 heavy (non-hydrogen) atoms. The molecule has 3 rings (SSSR count). The lowest BCUT2D eigenvalue weighted by Gasteiger charge is -2.05. The summed E-state index contributed by atoms with van der Waals surface area (Å²) in [7, 11) is 0. The van der Waals surface area contributed by atoms with E-state index in [-0.39, 0.29) is 5.88 Å². The SMILES string of the molecule is O=[N+]([O-])c1ccc(CNc2ccc(-c3cnc[nH]3)cc2)o1. The van der Waals surface area contributed by atoms with Gasteiger partial charge in [0, 0.05) is 5.69 Å². The Morgan fingerprint density at radius 1 is 1.24 bits per heavy atom. The largest absolute Gasteiger partial charge is 0.433 e. The molecule has 0 saturated carbocycles. The number of hydrogen-bond donors (Lipinski definition) is 2. The molecule has 2 heterocycles. The summed E-state index contributed by atoms with van der Waals surface area (Å²) in [6.07, 6.45) is 3.38. The van der Waals surface area contributed by atoms with Gasteiger partial charge in [0.05, 0.1) is 30.8 Å². The minimum Gasteiger partial charge on any atom is -0.404 e. The molecule has 2 aromatic heterocycles. The molecule has 3 aromatic rings. The number of nitrogens with one attached hydrogen (secondary N) is 2. The van der Waals surface area contributed by atoms with Crippen LogP contribution >= 0.6 is 0 Å². The Bertz CT molecular complexity index is 732. The van der Waals surface area contributed by atoms with Gasteiger partial charge in [-0.1, -0.05) is 12.1 Å². The number of nitrogens with zero attached hydrogens (tertiary/aromatic N) is 2. The second-order valence-corrected chi connectivity index (χ2v) is 4.39. The zero-order chi connectivity index (χ0) is 14.7. The lowest BCUT2D eigenvalue weighted by atomic mass is 10.1. The van der Waals surface area contributed by atoms with E-state index in [2.05, 4.69) is 15.3 Å². The number of aromatic amines is 1. The standard InChI is InChI=1S/C14H12N4O3/c19-18(20)14-6-5-12(21-14)7-16-11-3-1-10(2-4-11)13-8-15-9-17-13/h1-6,8-9,16H,7H2,(H,15,17). The Labute approximate surface area is 119 Å². The summed E-state index contributed by atoms with van der Waals surface area (Å²) in [4.78, 5) is 17.0. The van der Waals surface area contributed by atoms with Gasteiger partial charge in [-0.3, -0.25) is 10.1 Å². The minimum absolute atomic E-state index is 0.249. The molecular weight excluding hydrogens is 272 g/mol. The summed E-state index contributed by atoms with van der Waals surface area (Å²) in [6.45, 7) is 0.386. The van der Waals surface area contributed by atoms with Crippen molar-refractivity contribution in [3.8, 4) is 11.3 Å². The second-order valence-electron chi connectivity index (χ2n) is 4.39. The summed E-state index contributed by atoms with van der Waals surface area (Å²) >= 11 is 0. The highest BCUT2D eigenvalue weighted by Gasteiger charge is 2.11. The van der Waals surface area contributed by atoms with Crippen LogP contribution in [0.15, 0.2) is 53.3 Å². The van der Waals surface area contributed by atoms with Crippen LogP contribution in [-0.2, 0) is 6.54 Å². The fourth-order valence-corrected chi connectivity index (χ4v) is 1.93. The molecule has 0 aliphatic carbocycles. The maximum absolute atomic E-state index is 10.5. The molecule has 7 nitrogen and oxygen atoms in total. The predicted octanol–water partition coefficient (Wildman–Crippen LogP) is 3.19. The van der Waals surface area contributed by atoms with Crippen LogP contribution in [0, 0.1) is 10.1 Å². The lowest BCUT2D eigenvalue weighted by Crippen LogP contribution is -1.97. The fraction of sp³-hybridized carbons (Fsp3) is 0.0714. The average Bonchev–Trinajstić information content (AvgIpc) is 3.17. The number of furan rings is 1. The van der Waals surface area contributed by atoms with E-state index in [1.807, 2.05) is 24.3 Å². The minimum atomic E-state index is -0.553. The summed E-state index contributed by atoms with van der Waals surface area (Å²) < 4.78 is 5.07. The smallest absolute Gasteiger partial charge is 0.404 e. The van der Waals surface area contributed by atoms with Gasteiger partial charge in [0.15, 0.2) is 0 Å². The first-order valence-corrected chi connectivity index (χ1v) is 6.28. The third kappa shape index (κ3) is 2.92. The predicted molar refractivity (Wildman–Crippen MR) is 76.7 cm³/mol. The molecule has 0 radical (unpaired) electrons. The number of aromatic nitrogens is 2. The van der Waals surface area contributed by atoms with Crippen molar-refractivity contribution < 1.29 is 9.34 Å². The van der Waals surface area contributed by atoms with Gasteiger partial charge in [-0.2, -0.15) is 0 Å². The van der Waals surface area contributed by atoms with Crippen molar-refractivity contribution in [3.05, 3.63) is 64.8 Å². The Hall–Kier alpha value is -3.09. The van der Waals surface area contributed by atoms with Crippen LogP contribution in [-0.4, -0.2) is 14.9 Å². The third-order valence-corrected chi connectivity index (χ3v) is 2.99. The Morgan fingerprint density at radius 2 is 2.05 bits per heavy atom. The van der Waals surface area contributed by atoms with Crippen molar-refractivity contribution in [2.24, 2.45) is 0 Å². The third-order valence-electron chi connectivity index (χ3n) is 2.99. The monoisotopic (exact) mass is 284 g/mol. The first-order valence-electron chi connectivity index (χ1n) is 6.28. The van der Waals surface area contributed by atoms with E-state index in [4.69, 9.17) is 4.42 Å². The topological polar surface area (TPSA) is 97.0 Å². The summed E-state index contributed by atoms with van der Waals surface area (Å²) in [6, 6.07) is 10.7. The molecule has 0 fully saturated rings. The zero-order valence-electron chi connectivity index (χ0n) is 10.9. The quantitative estimate of drug-likeness (QED) is 0.554. The number of imidazole rings is 1.